The Bertz CT molecular complexity index is 495. The second-order valence-corrected chi connectivity index (χ2v) is 7.12. The first-order valence-corrected chi connectivity index (χ1v) is 8.66. The fraction of sp³-hybridized carbons (Fsp3) is 0.632. The van der Waals surface area contributed by atoms with Crippen molar-refractivity contribution in [3.63, 3.8) is 0 Å². The van der Waals surface area contributed by atoms with Gasteiger partial charge in [0.1, 0.15) is 5.75 Å². The van der Waals surface area contributed by atoms with Crippen molar-refractivity contribution in [2.45, 2.75) is 27.2 Å². The molecule has 0 amide bonds. The van der Waals surface area contributed by atoms with Crippen LogP contribution >= 0.6 is 0 Å². The third-order valence-corrected chi connectivity index (χ3v) is 3.62. The Kier molecular flexibility index (Phi) is 8.61. The molecule has 0 saturated carbocycles. The highest BCUT2D eigenvalue weighted by molar-refractivity contribution is 5.79. The summed E-state index contributed by atoms with van der Waals surface area (Å²) in [6, 6.07) is 8.20. The summed E-state index contributed by atoms with van der Waals surface area (Å²) in [6.45, 7) is 10.1. The van der Waals surface area contributed by atoms with Crippen LogP contribution < -0.4 is 15.4 Å². The van der Waals surface area contributed by atoms with Gasteiger partial charge in [-0.2, -0.15) is 0 Å². The molecule has 0 aliphatic carbocycles. The van der Waals surface area contributed by atoms with Crippen LogP contribution in [0.15, 0.2) is 29.3 Å². The molecule has 1 rings (SSSR count). The molecule has 2 N–H and O–H groups in total. The summed E-state index contributed by atoms with van der Waals surface area (Å²) in [4.78, 5) is 6.95. The second-order valence-electron chi connectivity index (χ2n) is 7.12. The van der Waals surface area contributed by atoms with Gasteiger partial charge in [-0.05, 0) is 50.6 Å². The van der Waals surface area contributed by atoms with Gasteiger partial charge in [-0.1, -0.05) is 26.0 Å². The zero-order valence-corrected chi connectivity index (χ0v) is 16.1. The number of benzene rings is 1. The summed E-state index contributed by atoms with van der Waals surface area (Å²) in [5.74, 6) is 1.78. The lowest BCUT2D eigenvalue weighted by molar-refractivity contribution is 0.248. The van der Waals surface area contributed by atoms with Gasteiger partial charge in [0.25, 0.3) is 0 Å². The summed E-state index contributed by atoms with van der Waals surface area (Å²) in [5, 5.41) is 6.74. The first kappa shape index (κ1) is 20.3. The largest absolute Gasteiger partial charge is 0.497 e. The van der Waals surface area contributed by atoms with Crippen LogP contribution in [-0.2, 0) is 6.42 Å². The maximum absolute atomic E-state index is 5.19. The summed E-state index contributed by atoms with van der Waals surface area (Å²) in [5.41, 5.74) is 1.44. The van der Waals surface area contributed by atoms with E-state index >= 15 is 0 Å². The van der Waals surface area contributed by atoms with E-state index in [4.69, 9.17) is 9.73 Å². The number of ether oxygens (including phenoxy) is 1. The standard InChI is InChI=1S/C19H34N4O/c1-7-20-18(22-14-19(2,3)15-23(4)5)21-13-12-16-8-10-17(24-6)11-9-16/h8-11H,7,12-15H2,1-6H3,(H2,20,21,22). The highest BCUT2D eigenvalue weighted by Crippen LogP contribution is 2.16. The van der Waals surface area contributed by atoms with E-state index in [0.717, 1.165) is 44.3 Å². The molecule has 0 unspecified atom stereocenters. The zero-order chi connectivity index (χ0) is 18.0. The highest BCUT2D eigenvalue weighted by Gasteiger charge is 2.18. The Balaban J connectivity index is 2.50. The second kappa shape index (κ2) is 10.2. The van der Waals surface area contributed by atoms with E-state index in [1.165, 1.54) is 5.56 Å². The molecule has 0 aliphatic rings. The first-order valence-electron chi connectivity index (χ1n) is 8.66. The number of hydrogen-bond donors (Lipinski definition) is 2. The quantitative estimate of drug-likeness (QED) is 0.538. The van der Waals surface area contributed by atoms with E-state index in [1.54, 1.807) is 7.11 Å². The number of nitrogens with zero attached hydrogens (tertiary/aromatic N) is 2. The molecule has 136 valence electrons. The molecule has 0 heterocycles. The Hall–Kier alpha value is -1.75. The molecular weight excluding hydrogens is 300 g/mol. The van der Waals surface area contributed by atoms with Gasteiger partial charge in [0.2, 0.25) is 0 Å². The molecule has 5 heteroatoms. The minimum Gasteiger partial charge on any atom is -0.497 e. The molecule has 0 aromatic heterocycles. The molecule has 1 aromatic rings. The third kappa shape index (κ3) is 8.20. The maximum atomic E-state index is 5.19. The van der Waals surface area contributed by atoms with Crippen LogP contribution in [0.2, 0.25) is 0 Å². The zero-order valence-electron chi connectivity index (χ0n) is 16.1. The Morgan fingerprint density at radius 1 is 1.17 bits per heavy atom. The van der Waals surface area contributed by atoms with Crippen molar-refractivity contribution in [3.8, 4) is 5.75 Å². The predicted molar refractivity (Wildman–Crippen MR) is 103 cm³/mol. The highest BCUT2D eigenvalue weighted by atomic mass is 16.5. The average Bonchev–Trinajstić information content (AvgIpc) is 2.52. The van der Waals surface area contributed by atoms with Gasteiger partial charge in [-0.3, -0.25) is 4.99 Å². The van der Waals surface area contributed by atoms with Crippen LogP contribution in [-0.4, -0.2) is 58.2 Å². The van der Waals surface area contributed by atoms with Crippen molar-refractivity contribution in [3.05, 3.63) is 29.8 Å². The van der Waals surface area contributed by atoms with Crippen molar-refractivity contribution < 1.29 is 4.74 Å². The third-order valence-electron chi connectivity index (χ3n) is 3.62. The van der Waals surface area contributed by atoms with E-state index in [1.807, 2.05) is 12.1 Å². The Morgan fingerprint density at radius 3 is 2.38 bits per heavy atom. The molecule has 5 nitrogen and oxygen atoms in total. The van der Waals surface area contributed by atoms with Gasteiger partial charge in [-0.15, -0.1) is 0 Å². The molecular formula is C19H34N4O. The monoisotopic (exact) mass is 334 g/mol. The summed E-state index contributed by atoms with van der Waals surface area (Å²) in [6.07, 6.45) is 0.954. The van der Waals surface area contributed by atoms with Crippen molar-refractivity contribution in [1.29, 1.82) is 0 Å². The number of methoxy groups -OCH3 is 1. The number of rotatable bonds is 9. The smallest absolute Gasteiger partial charge is 0.191 e. The summed E-state index contributed by atoms with van der Waals surface area (Å²) < 4.78 is 5.19. The van der Waals surface area contributed by atoms with Crippen molar-refractivity contribution in [1.82, 2.24) is 15.5 Å². The van der Waals surface area contributed by atoms with Crippen LogP contribution in [0.5, 0.6) is 5.75 Å². The van der Waals surface area contributed by atoms with Gasteiger partial charge in [-0.25, -0.2) is 0 Å². The van der Waals surface area contributed by atoms with Gasteiger partial charge in [0.05, 0.1) is 7.11 Å². The molecule has 0 radical (unpaired) electrons. The van der Waals surface area contributed by atoms with Crippen LogP contribution in [0.3, 0.4) is 0 Å². The first-order chi connectivity index (χ1) is 11.4. The van der Waals surface area contributed by atoms with Crippen LogP contribution in [0.25, 0.3) is 0 Å². The van der Waals surface area contributed by atoms with Crippen LogP contribution in [0.4, 0.5) is 0 Å². The van der Waals surface area contributed by atoms with Gasteiger partial charge < -0.3 is 20.3 Å². The lowest BCUT2D eigenvalue weighted by atomic mass is 9.93. The molecule has 0 fully saturated rings. The van der Waals surface area contributed by atoms with E-state index in [9.17, 15) is 0 Å². The van der Waals surface area contributed by atoms with Crippen molar-refractivity contribution >= 4 is 5.96 Å². The fourth-order valence-electron chi connectivity index (χ4n) is 2.66. The van der Waals surface area contributed by atoms with E-state index < -0.39 is 0 Å². The minimum atomic E-state index is 0.155. The van der Waals surface area contributed by atoms with E-state index in [2.05, 4.69) is 62.5 Å². The van der Waals surface area contributed by atoms with Crippen molar-refractivity contribution in [2.75, 3.05) is 47.4 Å². The predicted octanol–water partition coefficient (Wildman–Crippen LogP) is 2.38. The average molecular weight is 335 g/mol. The SMILES string of the molecule is CCNC(=NCC(C)(C)CN(C)C)NCCc1ccc(OC)cc1. The van der Waals surface area contributed by atoms with Crippen molar-refractivity contribution in [2.24, 2.45) is 10.4 Å². The van der Waals surface area contributed by atoms with E-state index in [-0.39, 0.29) is 5.41 Å². The Morgan fingerprint density at radius 2 is 1.83 bits per heavy atom. The van der Waals surface area contributed by atoms with Gasteiger partial charge >= 0.3 is 0 Å². The minimum absolute atomic E-state index is 0.155. The molecule has 0 saturated heterocycles. The topological polar surface area (TPSA) is 48.9 Å². The lowest BCUT2D eigenvalue weighted by Gasteiger charge is -2.26. The molecule has 24 heavy (non-hydrogen) atoms. The van der Waals surface area contributed by atoms with E-state index in [0.29, 0.717) is 0 Å². The molecule has 0 bridgehead atoms. The number of hydrogen-bond acceptors (Lipinski definition) is 3. The number of aliphatic imine (C=N–C) groups is 1. The number of guanidine groups is 1. The molecule has 0 atom stereocenters. The molecule has 1 aromatic carbocycles. The molecule has 0 aliphatic heterocycles. The summed E-state index contributed by atoms with van der Waals surface area (Å²) >= 11 is 0. The normalized spacial score (nSPS) is 12.4. The fourth-order valence-corrected chi connectivity index (χ4v) is 2.66. The van der Waals surface area contributed by atoms with Gasteiger partial charge in [0, 0.05) is 26.2 Å². The summed E-state index contributed by atoms with van der Waals surface area (Å²) in [7, 11) is 5.89. The lowest BCUT2D eigenvalue weighted by Crippen LogP contribution is -2.40. The van der Waals surface area contributed by atoms with Crippen LogP contribution in [0.1, 0.15) is 26.3 Å². The number of nitrogens with one attached hydrogen (secondary N) is 2. The molecule has 0 spiro atoms. The van der Waals surface area contributed by atoms with Gasteiger partial charge in [0.15, 0.2) is 5.96 Å². The van der Waals surface area contributed by atoms with Crippen LogP contribution in [0, 0.1) is 5.41 Å². The maximum Gasteiger partial charge on any atom is 0.191 e. The Labute approximate surface area is 147 Å².